The molecule has 1 aliphatic rings. The third-order valence-corrected chi connectivity index (χ3v) is 3.79. The van der Waals surface area contributed by atoms with Crippen molar-refractivity contribution < 1.29 is 0 Å². The van der Waals surface area contributed by atoms with Crippen molar-refractivity contribution in [3.8, 4) is 0 Å². The van der Waals surface area contributed by atoms with Gasteiger partial charge < -0.3 is 5.73 Å². The Balaban J connectivity index is 1.83. The van der Waals surface area contributed by atoms with Gasteiger partial charge in [0.15, 0.2) is 0 Å². The van der Waals surface area contributed by atoms with Crippen LogP contribution >= 0.6 is 0 Å². The molecule has 0 atom stereocenters. The van der Waals surface area contributed by atoms with Crippen molar-refractivity contribution in [3.63, 3.8) is 0 Å². The number of pyridine rings is 1. The fourth-order valence-corrected chi connectivity index (χ4v) is 2.45. The van der Waals surface area contributed by atoms with Crippen LogP contribution < -0.4 is 5.73 Å². The number of hydrogen-bond donors (Lipinski definition) is 1. The molecule has 0 aromatic carbocycles. The first-order chi connectivity index (χ1) is 8.95. The Morgan fingerprint density at radius 2 is 2.11 bits per heavy atom. The molecule has 2 rings (SSSR count). The van der Waals surface area contributed by atoms with Gasteiger partial charge in [0, 0.05) is 31.7 Å². The number of aromatic nitrogens is 1. The summed E-state index contributed by atoms with van der Waals surface area (Å²) in [6, 6.07) is 3.95. The number of nitrogens with two attached hydrogens (primary N) is 1. The Hall–Kier alpha value is -1.35. The summed E-state index contributed by atoms with van der Waals surface area (Å²) in [6.07, 6.45) is 6.33. The quantitative estimate of drug-likeness (QED) is 0.849. The molecule has 3 nitrogen and oxygen atoms in total. The van der Waals surface area contributed by atoms with Crippen LogP contribution in [0.15, 0.2) is 30.0 Å². The van der Waals surface area contributed by atoms with Gasteiger partial charge >= 0.3 is 0 Å². The fourth-order valence-electron chi connectivity index (χ4n) is 2.45. The summed E-state index contributed by atoms with van der Waals surface area (Å²) in [6.45, 7) is 10.2. The maximum Gasteiger partial charge on any atom is 0.0501 e. The molecule has 0 fully saturated rings. The predicted molar refractivity (Wildman–Crippen MR) is 80.9 cm³/mol. The molecule has 0 spiro atoms. The van der Waals surface area contributed by atoms with Gasteiger partial charge in [0.2, 0.25) is 0 Å². The molecular formula is C16H25N3. The normalized spacial score (nSPS) is 17.3. The second-order valence-corrected chi connectivity index (χ2v) is 6.36. The van der Waals surface area contributed by atoms with Gasteiger partial charge in [0.1, 0.15) is 0 Å². The van der Waals surface area contributed by atoms with Crippen molar-refractivity contribution in [2.24, 2.45) is 5.41 Å². The molecule has 0 saturated heterocycles. The lowest BCUT2D eigenvalue weighted by Gasteiger charge is -2.32. The SMILES string of the molecule is CC(C)(C)C1=CCN(CCc2ccc(N)cn2)CC1. The lowest BCUT2D eigenvalue weighted by atomic mass is 9.83. The highest BCUT2D eigenvalue weighted by molar-refractivity contribution is 5.34. The monoisotopic (exact) mass is 259 g/mol. The Labute approximate surface area is 116 Å². The Bertz CT molecular complexity index is 440. The number of rotatable bonds is 3. The molecule has 1 aromatic heterocycles. The maximum atomic E-state index is 5.64. The summed E-state index contributed by atoms with van der Waals surface area (Å²) in [5.74, 6) is 0. The molecule has 19 heavy (non-hydrogen) atoms. The third-order valence-electron chi connectivity index (χ3n) is 3.79. The lowest BCUT2D eigenvalue weighted by Crippen LogP contribution is -2.33. The van der Waals surface area contributed by atoms with Crippen LogP contribution in [0.2, 0.25) is 0 Å². The van der Waals surface area contributed by atoms with Crippen LogP contribution in [0.1, 0.15) is 32.9 Å². The van der Waals surface area contributed by atoms with Gasteiger partial charge in [-0.25, -0.2) is 0 Å². The van der Waals surface area contributed by atoms with Crippen LogP contribution in [-0.4, -0.2) is 29.5 Å². The van der Waals surface area contributed by atoms with E-state index in [1.165, 1.54) is 6.42 Å². The van der Waals surface area contributed by atoms with Crippen LogP contribution in [0.25, 0.3) is 0 Å². The van der Waals surface area contributed by atoms with Gasteiger partial charge in [0.25, 0.3) is 0 Å². The van der Waals surface area contributed by atoms with E-state index in [2.05, 4.69) is 36.7 Å². The molecular weight excluding hydrogens is 234 g/mol. The van der Waals surface area contributed by atoms with Gasteiger partial charge in [-0.15, -0.1) is 0 Å². The van der Waals surface area contributed by atoms with Gasteiger partial charge in [-0.05, 0) is 24.0 Å². The van der Waals surface area contributed by atoms with Crippen molar-refractivity contribution in [1.29, 1.82) is 0 Å². The molecule has 2 N–H and O–H groups in total. The van der Waals surface area contributed by atoms with Crippen molar-refractivity contribution >= 4 is 5.69 Å². The van der Waals surface area contributed by atoms with E-state index in [0.717, 1.165) is 37.4 Å². The molecule has 1 aliphatic heterocycles. The molecule has 104 valence electrons. The van der Waals surface area contributed by atoms with Crippen LogP contribution in [0.5, 0.6) is 0 Å². The molecule has 0 radical (unpaired) electrons. The summed E-state index contributed by atoms with van der Waals surface area (Å²) in [7, 11) is 0. The predicted octanol–water partition coefficient (Wildman–Crippen LogP) is 2.88. The molecule has 0 unspecified atom stereocenters. The van der Waals surface area contributed by atoms with Gasteiger partial charge in [-0.3, -0.25) is 9.88 Å². The fraction of sp³-hybridized carbons (Fsp3) is 0.562. The van der Waals surface area contributed by atoms with Crippen LogP contribution in [0.3, 0.4) is 0 Å². The second kappa shape index (κ2) is 5.74. The Morgan fingerprint density at radius 1 is 1.32 bits per heavy atom. The average Bonchev–Trinajstić information content (AvgIpc) is 2.37. The molecule has 0 saturated carbocycles. The topological polar surface area (TPSA) is 42.1 Å². The highest BCUT2D eigenvalue weighted by atomic mass is 15.1. The molecule has 0 aliphatic carbocycles. The maximum absolute atomic E-state index is 5.64. The highest BCUT2D eigenvalue weighted by Gasteiger charge is 2.20. The average molecular weight is 259 g/mol. The van der Waals surface area contributed by atoms with Crippen LogP contribution in [-0.2, 0) is 6.42 Å². The Morgan fingerprint density at radius 3 is 2.63 bits per heavy atom. The van der Waals surface area contributed by atoms with Crippen molar-refractivity contribution in [1.82, 2.24) is 9.88 Å². The van der Waals surface area contributed by atoms with E-state index in [9.17, 15) is 0 Å². The minimum Gasteiger partial charge on any atom is -0.397 e. The van der Waals surface area contributed by atoms with E-state index in [0.29, 0.717) is 5.41 Å². The summed E-state index contributed by atoms with van der Waals surface area (Å²) >= 11 is 0. The smallest absolute Gasteiger partial charge is 0.0501 e. The highest BCUT2D eigenvalue weighted by Crippen LogP contribution is 2.29. The zero-order valence-corrected chi connectivity index (χ0v) is 12.3. The molecule has 1 aromatic rings. The molecule has 2 heterocycles. The van der Waals surface area contributed by atoms with E-state index < -0.39 is 0 Å². The third kappa shape index (κ3) is 4.06. The number of nitrogen functional groups attached to an aromatic ring is 1. The summed E-state index contributed by atoms with van der Waals surface area (Å²) in [4.78, 5) is 6.84. The molecule has 0 amide bonds. The van der Waals surface area contributed by atoms with E-state index in [4.69, 9.17) is 5.73 Å². The van der Waals surface area contributed by atoms with Crippen LogP contribution in [0.4, 0.5) is 5.69 Å². The molecule has 3 heteroatoms. The van der Waals surface area contributed by atoms with Gasteiger partial charge in [-0.1, -0.05) is 32.4 Å². The minimum atomic E-state index is 0.324. The van der Waals surface area contributed by atoms with Gasteiger partial charge in [0.05, 0.1) is 11.9 Å². The summed E-state index contributed by atoms with van der Waals surface area (Å²) in [5.41, 5.74) is 9.42. The number of anilines is 1. The van der Waals surface area contributed by atoms with E-state index in [1.807, 2.05) is 12.1 Å². The van der Waals surface area contributed by atoms with Crippen molar-refractivity contribution in [2.45, 2.75) is 33.6 Å². The van der Waals surface area contributed by atoms with Crippen molar-refractivity contribution in [3.05, 3.63) is 35.7 Å². The van der Waals surface area contributed by atoms with Gasteiger partial charge in [-0.2, -0.15) is 0 Å². The zero-order chi connectivity index (χ0) is 13.9. The standard InChI is InChI=1S/C16H25N3/c1-16(2,3)13-6-9-19(10-7-13)11-8-15-5-4-14(17)12-18-15/h4-6,12H,7-11,17H2,1-3H3. The van der Waals surface area contributed by atoms with E-state index in [1.54, 1.807) is 11.8 Å². The largest absolute Gasteiger partial charge is 0.397 e. The van der Waals surface area contributed by atoms with Crippen molar-refractivity contribution in [2.75, 3.05) is 25.4 Å². The number of hydrogen-bond acceptors (Lipinski definition) is 3. The first-order valence-corrected chi connectivity index (χ1v) is 7.07. The van der Waals surface area contributed by atoms with E-state index in [-0.39, 0.29) is 0 Å². The Kier molecular flexibility index (Phi) is 4.25. The number of nitrogens with zero attached hydrogens (tertiary/aromatic N) is 2. The van der Waals surface area contributed by atoms with E-state index >= 15 is 0 Å². The first-order valence-electron chi connectivity index (χ1n) is 7.07. The zero-order valence-electron chi connectivity index (χ0n) is 12.3. The second-order valence-electron chi connectivity index (χ2n) is 6.36. The summed E-state index contributed by atoms with van der Waals surface area (Å²) < 4.78 is 0. The minimum absolute atomic E-state index is 0.324. The lowest BCUT2D eigenvalue weighted by molar-refractivity contribution is 0.281. The first kappa shape index (κ1) is 14.1. The van der Waals surface area contributed by atoms with Crippen LogP contribution in [0, 0.1) is 5.41 Å². The summed E-state index contributed by atoms with van der Waals surface area (Å²) in [5, 5.41) is 0. The molecule has 0 bridgehead atoms.